The van der Waals surface area contributed by atoms with Gasteiger partial charge in [0, 0.05) is 36.5 Å². The van der Waals surface area contributed by atoms with Gasteiger partial charge in [0.05, 0.1) is 6.61 Å². The molecule has 1 spiro atoms. The fourth-order valence-corrected chi connectivity index (χ4v) is 5.61. The first-order valence-electron chi connectivity index (χ1n) is 10.3. The van der Waals surface area contributed by atoms with Crippen LogP contribution in [-0.4, -0.2) is 34.9 Å². The van der Waals surface area contributed by atoms with E-state index in [1.807, 2.05) is 20.8 Å². The molecule has 5 nitrogen and oxygen atoms in total. The van der Waals surface area contributed by atoms with Crippen molar-refractivity contribution in [2.75, 3.05) is 6.61 Å². The second-order valence-corrected chi connectivity index (χ2v) is 9.59. The average molecular weight is 379 g/mol. The Morgan fingerprint density at radius 1 is 1.30 bits per heavy atom. The molecule has 5 heteroatoms. The van der Waals surface area contributed by atoms with Crippen LogP contribution in [0.15, 0.2) is 12.2 Å². The fourth-order valence-electron chi connectivity index (χ4n) is 5.61. The van der Waals surface area contributed by atoms with E-state index >= 15 is 0 Å². The molecule has 2 saturated heterocycles. The summed E-state index contributed by atoms with van der Waals surface area (Å²) >= 11 is 0. The molecular formula is C22H34O5. The Hall–Kier alpha value is -1.20. The predicted molar refractivity (Wildman–Crippen MR) is 102 cm³/mol. The van der Waals surface area contributed by atoms with Crippen LogP contribution in [0.2, 0.25) is 0 Å². The Labute approximate surface area is 162 Å². The largest absolute Gasteiger partial charge is 0.465 e. The van der Waals surface area contributed by atoms with Crippen molar-refractivity contribution < 1.29 is 24.2 Å². The molecule has 27 heavy (non-hydrogen) atoms. The summed E-state index contributed by atoms with van der Waals surface area (Å²) in [5.41, 5.74) is -0.530. The zero-order chi connectivity index (χ0) is 20.1. The highest BCUT2D eigenvalue weighted by molar-refractivity contribution is 5.80. The number of hydrogen-bond acceptors (Lipinski definition) is 5. The highest BCUT2D eigenvalue weighted by atomic mass is 16.7. The van der Waals surface area contributed by atoms with Crippen LogP contribution in [0.4, 0.5) is 0 Å². The number of ether oxygens (including phenoxy) is 2. The van der Waals surface area contributed by atoms with Gasteiger partial charge in [0.1, 0.15) is 11.4 Å². The molecule has 1 aliphatic carbocycles. The monoisotopic (exact) mass is 378 g/mol. The molecule has 2 bridgehead atoms. The van der Waals surface area contributed by atoms with Crippen molar-refractivity contribution in [2.45, 2.75) is 90.4 Å². The maximum absolute atomic E-state index is 12.2. The average Bonchev–Trinajstić information content (AvgIpc) is 2.79. The standard InChI is InChI=1S/C22H34O5/c1-15(2)18(24)8-10-19(5)13-21-16(3)7-6-9-20(21,14-26-17(4)23)11-12-22(19,25)27-21/h15,25H,3,6-14H2,1-2,4-5H3/t19-,20+,21+,22-/m1/s1. The molecule has 3 fully saturated rings. The lowest BCUT2D eigenvalue weighted by atomic mass is 9.57. The molecule has 0 aromatic rings. The highest BCUT2D eigenvalue weighted by Crippen LogP contribution is 2.69. The lowest BCUT2D eigenvalue weighted by Gasteiger charge is -2.55. The first-order valence-corrected chi connectivity index (χ1v) is 10.3. The second-order valence-electron chi connectivity index (χ2n) is 9.59. The van der Waals surface area contributed by atoms with Crippen LogP contribution in [-0.2, 0) is 19.1 Å². The Morgan fingerprint density at radius 3 is 2.63 bits per heavy atom. The van der Waals surface area contributed by atoms with E-state index < -0.39 is 16.8 Å². The molecule has 0 aromatic heterocycles. The molecular weight excluding hydrogens is 344 g/mol. The zero-order valence-corrected chi connectivity index (χ0v) is 17.2. The number of esters is 1. The molecule has 0 aromatic carbocycles. The van der Waals surface area contributed by atoms with Gasteiger partial charge >= 0.3 is 5.97 Å². The molecule has 1 saturated carbocycles. The van der Waals surface area contributed by atoms with Crippen molar-refractivity contribution >= 4 is 11.8 Å². The van der Waals surface area contributed by atoms with Crippen LogP contribution in [0.5, 0.6) is 0 Å². The Bertz CT molecular complexity index is 655. The van der Waals surface area contributed by atoms with Crippen molar-refractivity contribution in [1.82, 2.24) is 0 Å². The minimum atomic E-state index is -1.26. The number of ketones is 1. The van der Waals surface area contributed by atoms with Crippen molar-refractivity contribution in [2.24, 2.45) is 16.7 Å². The number of carbonyl (C=O) groups excluding carboxylic acids is 2. The molecule has 2 aliphatic heterocycles. The van der Waals surface area contributed by atoms with Gasteiger partial charge in [-0.15, -0.1) is 0 Å². The summed E-state index contributed by atoms with van der Waals surface area (Å²) in [5, 5.41) is 11.5. The van der Waals surface area contributed by atoms with E-state index in [9.17, 15) is 14.7 Å². The summed E-state index contributed by atoms with van der Waals surface area (Å²) in [4.78, 5) is 23.7. The first-order chi connectivity index (χ1) is 12.5. The highest BCUT2D eigenvalue weighted by Gasteiger charge is 2.73. The minimum Gasteiger partial charge on any atom is -0.465 e. The first kappa shape index (κ1) is 20.5. The van der Waals surface area contributed by atoms with Crippen molar-refractivity contribution in [1.29, 1.82) is 0 Å². The van der Waals surface area contributed by atoms with Crippen LogP contribution in [0, 0.1) is 16.7 Å². The van der Waals surface area contributed by atoms with Crippen LogP contribution in [0.25, 0.3) is 0 Å². The third-order valence-electron chi connectivity index (χ3n) is 7.55. The van der Waals surface area contributed by atoms with Crippen molar-refractivity contribution in [3.8, 4) is 0 Å². The number of Topliss-reactive ketones (excluding diaryl/α,β-unsaturated/α-hetero) is 1. The molecule has 1 N–H and O–H groups in total. The van der Waals surface area contributed by atoms with Gasteiger partial charge in [-0.1, -0.05) is 27.4 Å². The molecule has 2 heterocycles. The van der Waals surface area contributed by atoms with E-state index in [1.54, 1.807) is 0 Å². The molecule has 3 rings (SSSR count). The number of hydrogen-bond donors (Lipinski definition) is 1. The van der Waals surface area contributed by atoms with E-state index in [2.05, 4.69) is 6.58 Å². The van der Waals surface area contributed by atoms with Crippen LogP contribution in [0.1, 0.15) is 79.1 Å². The minimum absolute atomic E-state index is 0.00388. The van der Waals surface area contributed by atoms with Crippen LogP contribution >= 0.6 is 0 Å². The summed E-state index contributed by atoms with van der Waals surface area (Å²) in [5.74, 6) is -1.34. The normalized spacial score (nSPS) is 40.7. The van der Waals surface area contributed by atoms with Crippen molar-refractivity contribution in [3.05, 3.63) is 12.2 Å². The maximum Gasteiger partial charge on any atom is 0.302 e. The summed E-state index contributed by atoms with van der Waals surface area (Å²) in [6, 6.07) is 0. The quantitative estimate of drug-likeness (QED) is 0.560. The number of rotatable bonds is 6. The van der Waals surface area contributed by atoms with Gasteiger partial charge in [-0.05, 0) is 44.1 Å². The summed E-state index contributed by atoms with van der Waals surface area (Å²) in [6.45, 7) is 11.9. The Kier molecular flexibility index (Phi) is 5.09. The molecule has 3 aliphatic rings. The molecule has 0 radical (unpaired) electrons. The maximum atomic E-state index is 12.2. The summed E-state index contributed by atoms with van der Waals surface area (Å²) in [6.07, 6.45) is 5.65. The number of aliphatic hydroxyl groups is 1. The van der Waals surface area contributed by atoms with Gasteiger partial charge in [0.2, 0.25) is 0 Å². The van der Waals surface area contributed by atoms with E-state index in [0.29, 0.717) is 32.3 Å². The lowest BCUT2D eigenvalue weighted by molar-refractivity contribution is -0.310. The SMILES string of the molecule is C=C1CCC[C@@]2(COC(C)=O)CC[C@@]3(O)O[C@@]12C[C@@]3(C)CCC(=O)C(C)C. The third kappa shape index (κ3) is 3.07. The molecule has 0 unspecified atom stereocenters. The van der Waals surface area contributed by atoms with E-state index in [1.165, 1.54) is 6.92 Å². The zero-order valence-electron chi connectivity index (χ0n) is 17.2. The van der Waals surface area contributed by atoms with Gasteiger partial charge in [-0.3, -0.25) is 9.59 Å². The van der Waals surface area contributed by atoms with Crippen LogP contribution < -0.4 is 0 Å². The topological polar surface area (TPSA) is 72.8 Å². The van der Waals surface area contributed by atoms with Gasteiger partial charge in [0.25, 0.3) is 0 Å². The van der Waals surface area contributed by atoms with Crippen LogP contribution in [0.3, 0.4) is 0 Å². The van der Waals surface area contributed by atoms with E-state index in [-0.39, 0.29) is 23.1 Å². The van der Waals surface area contributed by atoms with Gasteiger partial charge < -0.3 is 14.6 Å². The second kappa shape index (κ2) is 6.70. The molecule has 0 amide bonds. The van der Waals surface area contributed by atoms with Gasteiger partial charge in [0.15, 0.2) is 5.79 Å². The summed E-state index contributed by atoms with van der Waals surface area (Å²) in [7, 11) is 0. The van der Waals surface area contributed by atoms with E-state index in [0.717, 1.165) is 31.3 Å². The lowest BCUT2D eigenvalue weighted by Crippen LogP contribution is -2.59. The third-order valence-corrected chi connectivity index (χ3v) is 7.55. The predicted octanol–water partition coefficient (Wildman–Crippen LogP) is 3.93. The van der Waals surface area contributed by atoms with E-state index in [4.69, 9.17) is 9.47 Å². The van der Waals surface area contributed by atoms with Gasteiger partial charge in [-0.25, -0.2) is 0 Å². The number of carbonyl (C=O) groups is 2. The van der Waals surface area contributed by atoms with Crippen molar-refractivity contribution in [3.63, 3.8) is 0 Å². The Morgan fingerprint density at radius 2 is 2.00 bits per heavy atom. The van der Waals surface area contributed by atoms with Gasteiger partial charge in [-0.2, -0.15) is 0 Å². The molecule has 4 atom stereocenters. The number of fused-ring (bicyclic) bond motifs is 1. The smallest absolute Gasteiger partial charge is 0.302 e. The fraction of sp³-hybridized carbons (Fsp3) is 0.818. The summed E-state index contributed by atoms with van der Waals surface area (Å²) < 4.78 is 12.0. The Balaban J connectivity index is 1.93. The molecule has 152 valence electrons.